The Bertz CT molecular complexity index is 795. The summed E-state index contributed by atoms with van der Waals surface area (Å²) in [6, 6.07) is 13.1. The summed E-state index contributed by atoms with van der Waals surface area (Å²) < 4.78 is 0. The minimum Gasteiger partial charge on any atom is -0.351 e. The lowest BCUT2D eigenvalue weighted by Crippen LogP contribution is -2.35. The van der Waals surface area contributed by atoms with Gasteiger partial charge in [0.15, 0.2) is 6.04 Å². The van der Waals surface area contributed by atoms with E-state index in [-0.39, 0.29) is 11.9 Å². The summed E-state index contributed by atoms with van der Waals surface area (Å²) in [5.41, 5.74) is 0.848. The van der Waals surface area contributed by atoms with Gasteiger partial charge < -0.3 is 5.32 Å². The SMILES string of the molecule is O=C(NC1CC1)C(c1ccccc1)n1nnc(-c2cccs2)n1. The van der Waals surface area contributed by atoms with Crippen LogP contribution in [0.15, 0.2) is 47.8 Å². The number of hydrogen-bond donors (Lipinski definition) is 1. The molecule has 2 aromatic heterocycles. The highest BCUT2D eigenvalue weighted by atomic mass is 32.1. The van der Waals surface area contributed by atoms with Crippen LogP contribution in [-0.4, -0.2) is 32.2 Å². The van der Waals surface area contributed by atoms with Crippen molar-refractivity contribution in [3.63, 3.8) is 0 Å². The summed E-state index contributed by atoms with van der Waals surface area (Å²) >= 11 is 1.55. The molecule has 1 N–H and O–H groups in total. The van der Waals surface area contributed by atoms with Crippen molar-refractivity contribution < 1.29 is 4.79 Å². The third-order valence-corrected chi connectivity index (χ3v) is 4.55. The fraction of sp³-hybridized carbons (Fsp3) is 0.250. The topological polar surface area (TPSA) is 72.7 Å². The largest absolute Gasteiger partial charge is 0.351 e. The molecule has 6 nitrogen and oxygen atoms in total. The van der Waals surface area contributed by atoms with E-state index in [0.717, 1.165) is 23.3 Å². The molecule has 116 valence electrons. The zero-order valence-corrected chi connectivity index (χ0v) is 13.1. The van der Waals surface area contributed by atoms with E-state index in [2.05, 4.69) is 20.7 Å². The van der Waals surface area contributed by atoms with Crippen molar-refractivity contribution in [3.8, 4) is 10.7 Å². The Kier molecular flexibility index (Phi) is 3.63. The van der Waals surface area contributed by atoms with Crippen molar-refractivity contribution >= 4 is 17.2 Å². The number of nitrogens with zero attached hydrogens (tertiary/aromatic N) is 4. The quantitative estimate of drug-likeness (QED) is 0.781. The minimum atomic E-state index is -0.599. The third-order valence-electron chi connectivity index (χ3n) is 3.69. The number of aromatic nitrogens is 4. The number of hydrogen-bond acceptors (Lipinski definition) is 5. The molecule has 1 aliphatic rings. The second kappa shape index (κ2) is 5.92. The molecule has 1 atom stereocenters. The van der Waals surface area contributed by atoms with Crippen LogP contribution in [0.5, 0.6) is 0 Å². The van der Waals surface area contributed by atoms with Gasteiger partial charge in [-0.05, 0) is 35.1 Å². The van der Waals surface area contributed by atoms with E-state index in [1.54, 1.807) is 11.3 Å². The van der Waals surface area contributed by atoms with Crippen LogP contribution >= 0.6 is 11.3 Å². The molecule has 3 aromatic rings. The molecule has 1 aromatic carbocycles. The summed E-state index contributed by atoms with van der Waals surface area (Å²) in [4.78, 5) is 15.0. The zero-order chi connectivity index (χ0) is 15.6. The highest BCUT2D eigenvalue weighted by Crippen LogP contribution is 2.24. The number of benzene rings is 1. The van der Waals surface area contributed by atoms with Crippen molar-refractivity contribution in [1.29, 1.82) is 0 Å². The molecule has 1 amide bonds. The molecule has 1 unspecified atom stereocenters. The van der Waals surface area contributed by atoms with Crippen LogP contribution in [-0.2, 0) is 4.79 Å². The summed E-state index contributed by atoms with van der Waals surface area (Å²) in [7, 11) is 0. The molecule has 1 fully saturated rings. The Morgan fingerprint density at radius 1 is 1.22 bits per heavy atom. The van der Waals surface area contributed by atoms with Gasteiger partial charge in [0.2, 0.25) is 5.82 Å². The van der Waals surface area contributed by atoms with Gasteiger partial charge in [0, 0.05) is 6.04 Å². The van der Waals surface area contributed by atoms with Gasteiger partial charge in [-0.1, -0.05) is 36.4 Å². The molecule has 23 heavy (non-hydrogen) atoms. The van der Waals surface area contributed by atoms with Crippen LogP contribution in [0, 0.1) is 0 Å². The van der Waals surface area contributed by atoms with E-state index < -0.39 is 6.04 Å². The Hall–Kier alpha value is -2.54. The summed E-state index contributed by atoms with van der Waals surface area (Å²) in [6.07, 6.45) is 2.08. The highest BCUT2D eigenvalue weighted by Gasteiger charge is 2.31. The molecule has 0 spiro atoms. The van der Waals surface area contributed by atoms with Crippen molar-refractivity contribution in [2.75, 3.05) is 0 Å². The minimum absolute atomic E-state index is 0.0890. The monoisotopic (exact) mass is 325 g/mol. The Morgan fingerprint density at radius 2 is 2.04 bits per heavy atom. The van der Waals surface area contributed by atoms with Gasteiger partial charge >= 0.3 is 0 Å². The van der Waals surface area contributed by atoms with Gasteiger partial charge in [-0.3, -0.25) is 4.79 Å². The number of carbonyl (C=O) groups excluding carboxylic acids is 1. The van der Waals surface area contributed by atoms with Gasteiger partial charge in [0.05, 0.1) is 4.88 Å². The second-order valence-electron chi connectivity index (χ2n) is 5.51. The van der Waals surface area contributed by atoms with Crippen LogP contribution in [0.1, 0.15) is 24.4 Å². The predicted molar refractivity (Wildman–Crippen MR) is 86.9 cm³/mol. The number of thiophene rings is 1. The predicted octanol–water partition coefficient (Wildman–Crippen LogP) is 2.27. The number of nitrogens with one attached hydrogen (secondary N) is 1. The smallest absolute Gasteiger partial charge is 0.251 e. The van der Waals surface area contributed by atoms with Crippen LogP contribution < -0.4 is 5.32 Å². The van der Waals surface area contributed by atoms with E-state index in [1.807, 2.05) is 47.8 Å². The van der Waals surface area contributed by atoms with Gasteiger partial charge in [-0.25, -0.2) is 0 Å². The van der Waals surface area contributed by atoms with Gasteiger partial charge in [0.25, 0.3) is 5.91 Å². The molecule has 7 heteroatoms. The maximum absolute atomic E-state index is 12.7. The first-order chi connectivity index (χ1) is 11.3. The molecule has 1 saturated carbocycles. The maximum atomic E-state index is 12.7. The lowest BCUT2D eigenvalue weighted by Gasteiger charge is -2.15. The number of amides is 1. The van der Waals surface area contributed by atoms with E-state index >= 15 is 0 Å². The first-order valence-electron chi connectivity index (χ1n) is 7.50. The average Bonchev–Trinajstić information content (AvgIpc) is 3.05. The fourth-order valence-electron chi connectivity index (χ4n) is 2.37. The molecular formula is C16H15N5OS. The second-order valence-corrected chi connectivity index (χ2v) is 6.45. The number of rotatable bonds is 5. The first kappa shape index (κ1) is 14.1. The van der Waals surface area contributed by atoms with Crippen LogP contribution in [0.3, 0.4) is 0 Å². The molecular weight excluding hydrogens is 310 g/mol. The lowest BCUT2D eigenvalue weighted by atomic mass is 10.1. The first-order valence-corrected chi connectivity index (χ1v) is 8.38. The summed E-state index contributed by atoms with van der Waals surface area (Å²) in [5.74, 6) is 0.453. The van der Waals surface area contributed by atoms with Crippen molar-refractivity contribution in [2.45, 2.75) is 24.9 Å². The molecule has 2 heterocycles. The molecule has 1 aliphatic carbocycles. The average molecular weight is 325 g/mol. The normalized spacial score (nSPS) is 15.3. The van der Waals surface area contributed by atoms with Crippen LogP contribution in [0.2, 0.25) is 0 Å². The summed E-state index contributed by atoms with van der Waals surface area (Å²) in [5, 5.41) is 17.6. The number of carbonyl (C=O) groups is 1. The van der Waals surface area contributed by atoms with Crippen molar-refractivity contribution in [1.82, 2.24) is 25.5 Å². The Labute approximate surface area is 137 Å². The van der Waals surface area contributed by atoms with E-state index in [0.29, 0.717) is 5.82 Å². The van der Waals surface area contributed by atoms with Gasteiger partial charge in [-0.15, -0.1) is 26.3 Å². The molecule has 0 aliphatic heterocycles. The summed E-state index contributed by atoms with van der Waals surface area (Å²) in [6.45, 7) is 0. The molecule has 0 radical (unpaired) electrons. The van der Waals surface area contributed by atoms with E-state index in [4.69, 9.17) is 0 Å². The van der Waals surface area contributed by atoms with Crippen molar-refractivity contribution in [3.05, 3.63) is 53.4 Å². The molecule has 0 saturated heterocycles. The molecule has 4 rings (SSSR count). The number of tetrazole rings is 1. The fourth-order valence-corrected chi connectivity index (χ4v) is 3.02. The van der Waals surface area contributed by atoms with Crippen LogP contribution in [0.25, 0.3) is 10.7 Å². The highest BCUT2D eigenvalue weighted by molar-refractivity contribution is 7.13. The van der Waals surface area contributed by atoms with Crippen molar-refractivity contribution in [2.24, 2.45) is 0 Å². The Morgan fingerprint density at radius 3 is 2.74 bits per heavy atom. The lowest BCUT2D eigenvalue weighted by molar-refractivity contribution is -0.123. The third kappa shape index (κ3) is 3.00. The zero-order valence-electron chi connectivity index (χ0n) is 12.3. The van der Waals surface area contributed by atoms with Crippen LogP contribution in [0.4, 0.5) is 0 Å². The van der Waals surface area contributed by atoms with Gasteiger partial charge in [0.1, 0.15) is 0 Å². The Balaban J connectivity index is 1.68. The van der Waals surface area contributed by atoms with Gasteiger partial charge in [-0.2, -0.15) is 0 Å². The molecule has 0 bridgehead atoms. The standard InChI is InChI=1S/C16H15N5OS/c22-16(17-12-8-9-12)14(11-5-2-1-3-6-11)21-19-15(18-20-21)13-7-4-10-23-13/h1-7,10,12,14H,8-9H2,(H,17,22). The maximum Gasteiger partial charge on any atom is 0.251 e. The van der Waals surface area contributed by atoms with E-state index in [9.17, 15) is 4.79 Å². The van der Waals surface area contributed by atoms with E-state index in [1.165, 1.54) is 4.80 Å².